The lowest BCUT2D eigenvalue weighted by atomic mass is 9.75. The minimum Gasteiger partial charge on any atom is -0.497 e. The average molecular weight is 561 g/mol. The second-order valence-electron chi connectivity index (χ2n) is 10.9. The predicted molar refractivity (Wildman–Crippen MR) is 152 cm³/mol. The molecular formula is C31H32N2O6S. The largest absolute Gasteiger partial charge is 0.497 e. The number of hydrogen-bond donors (Lipinski definition) is 1. The fourth-order valence-corrected chi connectivity index (χ4v) is 8.96. The number of aliphatic hydroxyl groups is 1. The molecule has 1 N–H and O–H groups in total. The first-order valence-electron chi connectivity index (χ1n) is 13.5. The highest BCUT2D eigenvalue weighted by Crippen LogP contribution is 2.65. The van der Waals surface area contributed by atoms with Crippen LogP contribution in [0.15, 0.2) is 78.9 Å². The molecule has 2 aromatic carbocycles. The van der Waals surface area contributed by atoms with Crippen LogP contribution < -0.4 is 9.64 Å². The zero-order valence-electron chi connectivity index (χ0n) is 22.4. The molecule has 1 unspecified atom stereocenters. The molecule has 0 saturated carbocycles. The highest BCUT2D eigenvalue weighted by atomic mass is 32.2. The van der Waals surface area contributed by atoms with E-state index in [0.717, 1.165) is 5.56 Å². The van der Waals surface area contributed by atoms with Gasteiger partial charge < -0.3 is 24.4 Å². The van der Waals surface area contributed by atoms with Crippen molar-refractivity contribution in [2.45, 2.75) is 34.9 Å². The average Bonchev–Trinajstić information content (AvgIpc) is 3.23. The fourth-order valence-electron chi connectivity index (χ4n) is 6.82. The van der Waals surface area contributed by atoms with E-state index in [9.17, 15) is 19.5 Å². The monoisotopic (exact) mass is 560 g/mol. The van der Waals surface area contributed by atoms with Gasteiger partial charge in [0, 0.05) is 17.0 Å². The number of thioether (sulfide) groups is 1. The van der Waals surface area contributed by atoms with Gasteiger partial charge in [0.2, 0.25) is 5.91 Å². The summed E-state index contributed by atoms with van der Waals surface area (Å²) in [4.78, 5) is 45.8. The highest BCUT2D eigenvalue weighted by Gasteiger charge is 2.74. The van der Waals surface area contributed by atoms with Gasteiger partial charge >= 0.3 is 5.97 Å². The van der Waals surface area contributed by atoms with Crippen molar-refractivity contribution in [3.8, 4) is 5.75 Å². The van der Waals surface area contributed by atoms with Gasteiger partial charge in [-0.1, -0.05) is 48.6 Å². The van der Waals surface area contributed by atoms with Crippen molar-refractivity contribution >= 4 is 35.2 Å². The van der Waals surface area contributed by atoms with Crippen molar-refractivity contribution < 1.29 is 29.0 Å². The van der Waals surface area contributed by atoms with E-state index in [4.69, 9.17) is 9.47 Å². The lowest BCUT2D eigenvalue weighted by molar-refractivity contribution is -0.153. The fraction of sp³-hybridized carbons (Fsp3) is 0.387. The predicted octanol–water partition coefficient (Wildman–Crippen LogP) is 3.00. The Bertz CT molecular complexity index is 1380. The molecule has 1 spiro atoms. The van der Waals surface area contributed by atoms with E-state index >= 15 is 0 Å². The van der Waals surface area contributed by atoms with Crippen molar-refractivity contribution in [3.63, 3.8) is 0 Å². The van der Waals surface area contributed by atoms with E-state index in [1.807, 2.05) is 73.7 Å². The number of carbonyl (C=O) groups is 3. The van der Waals surface area contributed by atoms with Crippen molar-refractivity contribution in [3.05, 3.63) is 84.5 Å². The normalized spacial score (nSPS) is 31.7. The number of nitrogens with zero attached hydrogens (tertiary/aromatic N) is 2. The molecule has 2 amide bonds. The van der Waals surface area contributed by atoms with Gasteiger partial charge in [-0.05, 0) is 49.2 Å². The number of methoxy groups -OCH3 is 1. The van der Waals surface area contributed by atoms with Crippen molar-refractivity contribution in [1.82, 2.24) is 4.90 Å². The van der Waals surface area contributed by atoms with E-state index in [0.29, 0.717) is 24.4 Å². The molecule has 0 aromatic heterocycles. The Morgan fingerprint density at radius 3 is 2.48 bits per heavy atom. The van der Waals surface area contributed by atoms with Crippen LogP contribution in [0.5, 0.6) is 5.75 Å². The first-order valence-corrected chi connectivity index (χ1v) is 14.3. The summed E-state index contributed by atoms with van der Waals surface area (Å²) in [6.45, 7) is 2.09. The first kappa shape index (κ1) is 26.7. The molecule has 0 aliphatic carbocycles. The Morgan fingerprint density at radius 1 is 1.02 bits per heavy atom. The van der Waals surface area contributed by atoms with Crippen LogP contribution >= 0.6 is 11.8 Å². The first-order chi connectivity index (χ1) is 19.3. The summed E-state index contributed by atoms with van der Waals surface area (Å²) in [5, 5.41) is 10.6. The van der Waals surface area contributed by atoms with Crippen molar-refractivity contribution in [2.24, 2.45) is 11.8 Å². The van der Waals surface area contributed by atoms with Gasteiger partial charge in [-0.2, -0.15) is 0 Å². The highest BCUT2D eigenvalue weighted by molar-refractivity contribution is 8.02. The van der Waals surface area contributed by atoms with Crippen molar-refractivity contribution in [2.75, 3.05) is 31.8 Å². The Morgan fingerprint density at radius 2 is 1.77 bits per heavy atom. The van der Waals surface area contributed by atoms with Crippen LogP contribution in [0.4, 0.5) is 5.69 Å². The number of benzene rings is 2. The van der Waals surface area contributed by atoms with Crippen LogP contribution in [0.25, 0.3) is 0 Å². The Labute approximate surface area is 237 Å². The number of anilines is 1. The van der Waals surface area contributed by atoms with E-state index in [1.165, 1.54) is 11.8 Å². The number of rotatable bonds is 6. The number of hydrogen-bond acceptors (Lipinski definition) is 7. The molecule has 0 bridgehead atoms. The molecular weight excluding hydrogens is 528 g/mol. The summed E-state index contributed by atoms with van der Waals surface area (Å²) in [7, 11) is 1.58. The molecule has 4 heterocycles. The van der Waals surface area contributed by atoms with Crippen LogP contribution in [-0.4, -0.2) is 76.2 Å². The smallest absolute Gasteiger partial charge is 0.311 e. The summed E-state index contributed by atoms with van der Waals surface area (Å²) in [6.07, 6.45) is 8.03. The SMILES string of the molecule is COc1ccc(N2CC=C[C@]34S[C@]5(C)C=CCOC(=O)[C@@H]5[C@H]3C(=O)N([C@@H](CO)Cc3ccccc3)C4C2=O)cc1. The molecule has 4 aliphatic heterocycles. The van der Waals surface area contributed by atoms with Gasteiger partial charge in [-0.25, -0.2) is 0 Å². The summed E-state index contributed by atoms with van der Waals surface area (Å²) < 4.78 is 9.07. The third kappa shape index (κ3) is 4.06. The molecule has 4 aliphatic rings. The van der Waals surface area contributed by atoms with Gasteiger partial charge in [0.05, 0.1) is 36.3 Å². The molecule has 2 aromatic rings. The van der Waals surface area contributed by atoms with Gasteiger partial charge in [0.1, 0.15) is 18.4 Å². The standard InChI is InChI=1S/C31H32N2O6S/c1-30-14-7-17-39-29(37)25(30)24-27(35)33(22(19-34)18-20-8-4-3-5-9-20)26-28(36)32(16-6-15-31(24,26)40-30)21-10-12-23(38-2)13-11-21/h3-15,22,24-26,34H,16-19H2,1-2H3/t22-,24+,25+,26?,30-,31+/m1/s1. The molecule has 6 atom stereocenters. The van der Waals surface area contributed by atoms with Crippen LogP contribution in [0, 0.1) is 11.8 Å². The number of ether oxygens (including phenoxy) is 2. The minimum absolute atomic E-state index is 0.153. The summed E-state index contributed by atoms with van der Waals surface area (Å²) in [5.74, 6) is -1.90. The van der Waals surface area contributed by atoms with Gasteiger partial charge in [0.25, 0.3) is 5.91 Å². The third-order valence-corrected chi connectivity index (χ3v) is 10.3. The molecule has 6 rings (SSSR count). The number of cyclic esters (lactones) is 1. The molecule has 2 saturated heterocycles. The Balaban J connectivity index is 1.48. The Kier molecular flexibility index (Phi) is 6.74. The van der Waals surface area contributed by atoms with E-state index in [2.05, 4.69) is 0 Å². The van der Waals surface area contributed by atoms with E-state index in [1.54, 1.807) is 29.0 Å². The Hall–Kier alpha value is -3.56. The summed E-state index contributed by atoms with van der Waals surface area (Å²) in [6, 6.07) is 15.3. The molecule has 208 valence electrons. The number of aliphatic hydroxyl groups excluding tert-OH is 1. The molecule has 9 heteroatoms. The molecule has 0 radical (unpaired) electrons. The van der Waals surface area contributed by atoms with Crippen LogP contribution in [-0.2, 0) is 25.5 Å². The zero-order chi connectivity index (χ0) is 28.1. The maximum atomic E-state index is 14.6. The summed E-state index contributed by atoms with van der Waals surface area (Å²) in [5.41, 5.74) is 1.62. The summed E-state index contributed by atoms with van der Waals surface area (Å²) >= 11 is 1.49. The lowest BCUT2D eigenvalue weighted by Gasteiger charge is -2.39. The van der Waals surface area contributed by atoms with Crippen LogP contribution in [0.3, 0.4) is 0 Å². The van der Waals surface area contributed by atoms with Gasteiger partial charge in [-0.15, -0.1) is 11.8 Å². The number of fused-ring (bicyclic) bond motifs is 2. The number of likely N-dealkylation sites (tertiary alicyclic amines) is 1. The second-order valence-corrected chi connectivity index (χ2v) is 12.6. The van der Waals surface area contributed by atoms with Gasteiger partial charge in [0.15, 0.2) is 0 Å². The maximum absolute atomic E-state index is 14.6. The van der Waals surface area contributed by atoms with Crippen LogP contribution in [0.2, 0.25) is 0 Å². The molecule has 8 nitrogen and oxygen atoms in total. The van der Waals surface area contributed by atoms with E-state index in [-0.39, 0.29) is 25.0 Å². The van der Waals surface area contributed by atoms with Crippen molar-refractivity contribution in [1.29, 1.82) is 0 Å². The quantitative estimate of drug-likeness (QED) is 0.429. The topological polar surface area (TPSA) is 96.4 Å². The van der Waals surface area contributed by atoms with Crippen LogP contribution in [0.1, 0.15) is 12.5 Å². The number of amides is 2. The lowest BCUT2D eigenvalue weighted by Crippen LogP contribution is -2.57. The molecule has 40 heavy (non-hydrogen) atoms. The second kappa shape index (κ2) is 10.1. The van der Waals surface area contributed by atoms with E-state index < -0.39 is 39.4 Å². The minimum atomic E-state index is -1.01. The zero-order valence-corrected chi connectivity index (χ0v) is 23.3. The third-order valence-electron chi connectivity index (χ3n) is 8.55. The maximum Gasteiger partial charge on any atom is 0.311 e. The molecule has 2 fully saturated rings. The number of carbonyl (C=O) groups excluding carboxylic acids is 3. The van der Waals surface area contributed by atoms with Gasteiger partial charge in [-0.3, -0.25) is 14.4 Å². The number of esters is 1.